The standard InChI is InChI=1S/C20H21F3N2O4S/c1-3-10-25(17-8-5-7-16(12-17)20(21,22)23)30(28,29)18-9-4-6-15(11-18)19(27)24-13-14(2)26/h3-9,11-12,14,26H,1,10,13H2,2H3,(H,24,27). The van der Waals surface area contributed by atoms with Gasteiger partial charge < -0.3 is 10.4 Å². The number of nitrogens with zero attached hydrogens (tertiary/aromatic N) is 1. The van der Waals surface area contributed by atoms with Crippen molar-refractivity contribution >= 4 is 21.6 Å². The van der Waals surface area contributed by atoms with E-state index in [1.807, 2.05) is 0 Å². The second-order valence-corrected chi connectivity index (χ2v) is 8.32. The maximum atomic E-state index is 13.1. The minimum atomic E-state index is -4.64. The number of carbonyl (C=O) groups excluding carboxylic acids is 1. The fraction of sp³-hybridized carbons (Fsp3) is 0.250. The Morgan fingerprint density at radius 1 is 1.23 bits per heavy atom. The molecule has 0 spiro atoms. The molecule has 0 bridgehead atoms. The topological polar surface area (TPSA) is 86.7 Å². The first kappa shape index (κ1) is 23.4. The number of rotatable bonds is 8. The molecule has 0 aliphatic rings. The van der Waals surface area contributed by atoms with Crippen molar-refractivity contribution in [1.82, 2.24) is 5.32 Å². The molecular weight excluding hydrogens is 421 g/mol. The minimum Gasteiger partial charge on any atom is -0.392 e. The van der Waals surface area contributed by atoms with Gasteiger partial charge in [-0.2, -0.15) is 13.2 Å². The molecule has 2 rings (SSSR count). The number of amides is 1. The molecule has 0 radical (unpaired) electrons. The number of alkyl halides is 3. The van der Waals surface area contributed by atoms with Gasteiger partial charge in [0.05, 0.1) is 28.8 Å². The number of anilines is 1. The molecule has 30 heavy (non-hydrogen) atoms. The smallest absolute Gasteiger partial charge is 0.392 e. The van der Waals surface area contributed by atoms with Gasteiger partial charge in [-0.25, -0.2) is 8.42 Å². The summed E-state index contributed by atoms with van der Waals surface area (Å²) in [5.41, 5.74) is -1.15. The molecule has 1 atom stereocenters. The molecule has 1 amide bonds. The third-order valence-electron chi connectivity index (χ3n) is 4.00. The van der Waals surface area contributed by atoms with Crippen LogP contribution in [0.4, 0.5) is 18.9 Å². The number of nitrogens with one attached hydrogen (secondary N) is 1. The molecule has 162 valence electrons. The van der Waals surface area contributed by atoms with Crippen LogP contribution in [0.25, 0.3) is 0 Å². The van der Waals surface area contributed by atoms with E-state index >= 15 is 0 Å². The molecule has 0 saturated heterocycles. The second kappa shape index (κ2) is 9.31. The maximum absolute atomic E-state index is 13.1. The van der Waals surface area contributed by atoms with Gasteiger partial charge in [0.15, 0.2) is 0 Å². The Balaban J connectivity index is 2.45. The van der Waals surface area contributed by atoms with Crippen LogP contribution in [0.2, 0.25) is 0 Å². The van der Waals surface area contributed by atoms with Crippen LogP contribution in [0.1, 0.15) is 22.8 Å². The molecule has 0 aliphatic heterocycles. The number of hydrogen-bond donors (Lipinski definition) is 2. The number of aliphatic hydroxyl groups excluding tert-OH is 1. The molecule has 0 aromatic heterocycles. The van der Waals surface area contributed by atoms with E-state index < -0.39 is 33.8 Å². The zero-order valence-electron chi connectivity index (χ0n) is 16.1. The maximum Gasteiger partial charge on any atom is 0.416 e. The van der Waals surface area contributed by atoms with Crippen molar-refractivity contribution in [2.24, 2.45) is 0 Å². The van der Waals surface area contributed by atoms with Crippen molar-refractivity contribution in [3.63, 3.8) is 0 Å². The summed E-state index contributed by atoms with van der Waals surface area (Å²) >= 11 is 0. The molecule has 2 aromatic rings. The Morgan fingerprint density at radius 2 is 1.90 bits per heavy atom. The van der Waals surface area contributed by atoms with Gasteiger partial charge in [-0.15, -0.1) is 6.58 Å². The van der Waals surface area contributed by atoms with Crippen LogP contribution in [0.5, 0.6) is 0 Å². The van der Waals surface area contributed by atoms with Gasteiger partial charge in [0.1, 0.15) is 0 Å². The minimum absolute atomic E-state index is 0.0252. The van der Waals surface area contributed by atoms with E-state index in [1.165, 1.54) is 37.3 Å². The second-order valence-electron chi connectivity index (χ2n) is 6.46. The Kier molecular flexibility index (Phi) is 7.27. The van der Waals surface area contributed by atoms with Gasteiger partial charge in [0, 0.05) is 12.1 Å². The molecule has 1 unspecified atom stereocenters. The molecule has 10 heteroatoms. The Labute approximate surface area is 172 Å². The summed E-state index contributed by atoms with van der Waals surface area (Å²) < 4.78 is 66.3. The van der Waals surface area contributed by atoms with Crippen LogP contribution < -0.4 is 9.62 Å². The number of carbonyl (C=O) groups is 1. The SMILES string of the molecule is C=CCN(c1cccc(C(F)(F)F)c1)S(=O)(=O)c1cccc(C(=O)NCC(C)O)c1. The van der Waals surface area contributed by atoms with Gasteiger partial charge in [-0.05, 0) is 43.3 Å². The number of hydrogen-bond acceptors (Lipinski definition) is 4. The summed E-state index contributed by atoms with van der Waals surface area (Å²) in [5, 5.41) is 11.7. The lowest BCUT2D eigenvalue weighted by Gasteiger charge is -2.24. The van der Waals surface area contributed by atoms with Crippen LogP contribution in [0.15, 0.2) is 66.1 Å². The van der Waals surface area contributed by atoms with Gasteiger partial charge in [-0.3, -0.25) is 9.10 Å². The normalized spacial score (nSPS) is 12.8. The highest BCUT2D eigenvalue weighted by atomic mass is 32.2. The predicted molar refractivity (Wildman–Crippen MR) is 107 cm³/mol. The van der Waals surface area contributed by atoms with Crippen molar-refractivity contribution < 1.29 is 31.5 Å². The van der Waals surface area contributed by atoms with Crippen LogP contribution in [-0.4, -0.2) is 38.6 Å². The lowest BCUT2D eigenvalue weighted by Crippen LogP contribution is -2.32. The molecule has 0 saturated carbocycles. The summed E-state index contributed by atoms with van der Waals surface area (Å²) in [4.78, 5) is 11.9. The van der Waals surface area contributed by atoms with Crippen molar-refractivity contribution in [2.45, 2.75) is 24.1 Å². The molecule has 0 aliphatic carbocycles. The first-order valence-electron chi connectivity index (χ1n) is 8.84. The van der Waals surface area contributed by atoms with Gasteiger partial charge in [-0.1, -0.05) is 18.2 Å². The number of benzene rings is 2. The van der Waals surface area contributed by atoms with Crippen molar-refractivity contribution in [1.29, 1.82) is 0 Å². The fourth-order valence-electron chi connectivity index (χ4n) is 2.56. The van der Waals surface area contributed by atoms with E-state index in [0.29, 0.717) is 0 Å². The number of aliphatic hydroxyl groups is 1. The predicted octanol–water partition coefficient (Wildman–Crippen LogP) is 3.20. The molecule has 2 aromatic carbocycles. The zero-order valence-corrected chi connectivity index (χ0v) is 16.9. The summed E-state index contributed by atoms with van der Waals surface area (Å²) in [5.74, 6) is -0.595. The van der Waals surface area contributed by atoms with E-state index in [9.17, 15) is 31.5 Å². The van der Waals surface area contributed by atoms with Gasteiger partial charge in [0.25, 0.3) is 15.9 Å². The van der Waals surface area contributed by atoms with Crippen LogP contribution in [-0.2, 0) is 16.2 Å². The molecule has 0 heterocycles. The van der Waals surface area contributed by atoms with Crippen molar-refractivity contribution in [3.05, 3.63) is 72.3 Å². The molecule has 6 nitrogen and oxygen atoms in total. The molecular formula is C20H21F3N2O4S. The van der Waals surface area contributed by atoms with Crippen molar-refractivity contribution in [2.75, 3.05) is 17.4 Å². The summed E-state index contributed by atoms with van der Waals surface area (Å²) in [6, 6.07) is 9.04. The first-order valence-corrected chi connectivity index (χ1v) is 10.3. The molecule has 2 N–H and O–H groups in total. The number of sulfonamides is 1. The first-order chi connectivity index (χ1) is 14.0. The molecule has 0 fully saturated rings. The lowest BCUT2D eigenvalue weighted by atomic mass is 10.2. The highest BCUT2D eigenvalue weighted by Crippen LogP contribution is 2.33. The summed E-state index contributed by atoms with van der Waals surface area (Å²) in [7, 11) is -4.30. The van der Waals surface area contributed by atoms with E-state index in [4.69, 9.17) is 0 Å². The highest BCUT2D eigenvalue weighted by Gasteiger charge is 2.32. The van der Waals surface area contributed by atoms with E-state index in [2.05, 4.69) is 11.9 Å². The Bertz CT molecular complexity index is 1020. The van der Waals surface area contributed by atoms with Gasteiger partial charge >= 0.3 is 6.18 Å². The zero-order chi connectivity index (χ0) is 22.5. The lowest BCUT2D eigenvalue weighted by molar-refractivity contribution is -0.137. The largest absolute Gasteiger partial charge is 0.416 e. The van der Waals surface area contributed by atoms with Crippen molar-refractivity contribution in [3.8, 4) is 0 Å². The quantitative estimate of drug-likeness (QED) is 0.615. The van der Waals surface area contributed by atoms with E-state index in [1.54, 1.807) is 0 Å². The monoisotopic (exact) mass is 442 g/mol. The fourth-order valence-corrected chi connectivity index (χ4v) is 4.04. The third kappa shape index (κ3) is 5.61. The van der Waals surface area contributed by atoms with E-state index in [0.717, 1.165) is 28.6 Å². The Hall–Kier alpha value is -2.85. The average Bonchev–Trinajstić information content (AvgIpc) is 2.69. The van der Waals surface area contributed by atoms with Crippen LogP contribution in [0, 0.1) is 0 Å². The van der Waals surface area contributed by atoms with Gasteiger partial charge in [0.2, 0.25) is 0 Å². The average molecular weight is 442 g/mol. The summed E-state index contributed by atoms with van der Waals surface area (Å²) in [6.07, 6.45) is -4.18. The number of halogens is 3. The van der Waals surface area contributed by atoms with Crippen LogP contribution in [0.3, 0.4) is 0 Å². The Morgan fingerprint density at radius 3 is 2.50 bits per heavy atom. The summed E-state index contributed by atoms with van der Waals surface area (Å²) in [6.45, 7) is 4.65. The van der Waals surface area contributed by atoms with E-state index in [-0.39, 0.29) is 29.2 Å². The van der Waals surface area contributed by atoms with Crippen LogP contribution >= 0.6 is 0 Å². The third-order valence-corrected chi connectivity index (χ3v) is 5.79. The highest BCUT2D eigenvalue weighted by molar-refractivity contribution is 7.92.